The van der Waals surface area contributed by atoms with Crippen molar-refractivity contribution in [1.82, 2.24) is 4.90 Å². The van der Waals surface area contributed by atoms with Gasteiger partial charge in [0, 0.05) is 19.2 Å². The number of hydrogen-bond donors (Lipinski definition) is 1. The first kappa shape index (κ1) is 23.1. The molecule has 32 heavy (non-hydrogen) atoms. The molecule has 2 aromatic carbocycles. The summed E-state index contributed by atoms with van der Waals surface area (Å²) in [5, 5.41) is 11.1. The van der Waals surface area contributed by atoms with Crippen LogP contribution in [0.3, 0.4) is 0 Å². The summed E-state index contributed by atoms with van der Waals surface area (Å²) in [4.78, 5) is 27.3. The van der Waals surface area contributed by atoms with Crippen molar-refractivity contribution in [2.75, 3.05) is 41.1 Å². The molecular formula is C24H27NO7. The first-order chi connectivity index (χ1) is 15.5. The third kappa shape index (κ3) is 4.40. The van der Waals surface area contributed by atoms with Gasteiger partial charge in [-0.15, -0.1) is 0 Å². The second kappa shape index (κ2) is 10.2. The van der Waals surface area contributed by atoms with Crippen molar-refractivity contribution in [3.8, 4) is 17.2 Å². The van der Waals surface area contributed by atoms with Crippen LogP contribution in [-0.4, -0.2) is 62.8 Å². The SMILES string of the molecule is CCOc1ccc(C2C(=C(O)c3cccc(OC)c3)C(=O)C(=O)N2CCOC)cc1OC. The molecule has 8 heteroatoms. The highest BCUT2D eigenvalue weighted by Crippen LogP contribution is 2.42. The molecule has 0 bridgehead atoms. The van der Waals surface area contributed by atoms with Crippen molar-refractivity contribution >= 4 is 17.4 Å². The van der Waals surface area contributed by atoms with E-state index in [-0.39, 0.29) is 24.5 Å². The van der Waals surface area contributed by atoms with Gasteiger partial charge in [-0.05, 0) is 36.8 Å². The second-order valence-electron chi connectivity index (χ2n) is 7.06. The van der Waals surface area contributed by atoms with Crippen molar-refractivity contribution in [1.29, 1.82) is 0 Å². The highest BCUT2D eigenvalue weighted by atomic mass is 16.5. The number of Topliss-reactive ketones (excluding diaryl/α,β-unsaturated/α-hetero) is 1. The molecule has 2 aromatic rings. The summed E-state index contributed by atoms with van der Waals surface area (Å²) in [7, 11) is 4.54. The maximum Gasteiger partial charge on any atom is 0.295 e. The fourth-order valence-electron chi connectivity index (χ4n) is 3.70. The summed E-state index contributed by atoms with van der Waals surface area (Å²) in [6.07, 6.45) is 0. The Balaban J connectivity index is 2.18. The molecule has 1 heterocycles. The van der Waals surface area contributed by atoms with Crippen molar-refractivity contribution in [2.45, 2.75) is 13.0 Å². The minimum atomic E-state index is -0.819. The molecule has 1 atom stereocenters. The van der Waals surface area contributed by atoms with Gasteiger partial charge in [-0.1, -0.05) is 18.2 Å². The highest BCUT2D eigenvalue weighted by molar-refractivity contribution is 6.46. The molecule has 1 saturated heterocycles. The average molecular weight is 441 g/mol. The number of aliphatic hydroxyl groups excluding tert-OH is 1. The molecule has 1 aliphatic rings. The Morgan fingerprint density at radius 3 is 2.47 bits per heavy atom. The summed E-state index contributed by atoms with van der Waals surface area (Å²) in [5.74, 6) is -0.228. The number of carbonyl (C=O) groups is 2. The van der Waals surface area contributed by atoms with Gasteiger partial charge in [-0.3, -0.25) is 9.59 Å². The van der Waals surface area contributed by atoms with Gasteiger partial charge in [0.05, 0.1) is 39.0 Å². The Morgan fingerprint density at radius 1 is 1.03 bits per heavy atom. The Morgan fingerprint density at radius 2 is 1.81 bits per heavy atom. The molecule has 3 rings (SSSR count). The van der Waals surface area contributed by atoms with E-state index < -0.39 is 17.7 Å². The largest absolute Gasteiger partial charge is 0.507 e. The number of likely N-dealkylation sites (tertiary alicyclic amines) is 1. The molecule has 1 amide bonds. The lowest BCUT2D eigenvalue weighted by Gasteiger charge is -2.25. The minimum Gasteiger partial charge on any atom is -0.507 e. The van der Waals surface area contributed by atoms with Crippen molar-refractivity contribution in [2.24, 2.45) is 0 Å². The molecule has 1 aliphatic heterocycles. The molecule has 0 radical (unpaired) electrons. The van der Waals surface area contributed by atoms with E-state index in [0.29, 0.717) is 35.0 Å². The Labute approximate surface area is 187 Å². The maximum absolute atomic E-state index is 13.0. The van der Waals surface area contributed by atoms with Crippen molar-refractivity contribution < 1.29 is 33.6 Å². The summed E-state index contributed by atoms with van der Waals surface area (Å²) in [6, 6.07) is 11.0. The molecule has 0 spiro atoms. The molecular weight excluding hydrogens is 414 g/mol. The molecule has 0 saturated carbocycles. The Hall–Kier alpha value is -3.52. The molecule has 1 N–H and O–H groups in total. The minimum absolute atomic E-state index is 0.00873. The lowest BCUT2D eigenvalue weighted by atomic mass is 9.95. The van der Waals surface area contributed by atoms with Crippen molar-refractivity contribution in [3.63, 3.8) is 0 Å². The smallest absolute Gasteiger partial charge is 0.295 e. The van der Waals surface area contributed by atoms with Crippen LogP contribution in [0.5, 0.6) is 17.2 Å². The summed E-state index contributed by atoms with van der Waals surface area (Å²) >= 11 is 0. The normalized spacial score (nSPS) is 17.5. The van der Waals surface area contributed by atoms with Crippen LogP contribution < -0.4 is 14.2 Å². The molecule has 170 valence electrons. The van der Waals surface area contributed by atoms with Gasteiger partial charge in [0.1, 0.15) is 11.5 Å². The van der Waals surface area contributed by atoms with E-state index in [1.807, 2.05) is 6.92 Å². The fourth-order valence-corrected chi connectivity index (χ4v) is 3.70. The topological polar surface area (TPSA) is 94.5 Å². The predicted molar refractivity (Wildman–Crippen MR) is 118 cm³/mol. The number of hydrogen-bond acceptors (Lipinski definition) is 7. The van der Waals surface area contributed by atoms with Gasteiger partial charge in [0.15, 0.2) is 11.5 Å². The molecule has 1 unspecified atom stereocenters. The monoisotopic (exact) mass is 441 g/mol. The lowest BCUT2D eigenvalue weighted by molar-refractivity contribution is -0.140. The van der Waals surface area contributed by atoms with Crippen LogP contribution in [0.2, 0.25) is 0 Å². The third-order valence-corrected chi connectivity index (χ3v) is 5.22. The van der Waals surface area contributed by atoms with E-state index in [9.17, 15) is 14.7 Å². The van der Waals surface area contributed by atoms with Gasteiger partial charge in [-0.25, -0.2) is 0 Å². The standard InChI is InChI=1S/C24H27NO7/c1-5-32-18-10-9-15(14-19(18)31-4)21-20(23(27)24(28)25(21)11-12-29-2)22(26)16-7-6-8-17(13-16)30-3/h6-10,13-14,21,26H,5,11-12H2,1-4H3. The quantitative estimate of drug-likeness (QED) is 0.363. The van der Waals surface area contributed by atoms with Crippen LogP contribution in [-0.2, 0) is 14.3 Å². The van der Waals surface area contributed by atoms with E-state index in [4.69, 9.17) is 18.9 Å². The van der Waals surface area contributed by atoms with Gasteiger partial charge in [0.2, 0.25) is 0 Å². The van der Waals surface area contributed by atoms with E-state index in [0.717, 1.165) is 0 Å². The van der Waals surface area contributed by atoms with Gasteiger partial charge < -0.3 is 29.0 Å². The Kier molecular flexibility index (Phi) is 7.37. The zero-order valence-electron chi connectivity index (χ0n) is 18.6. The number of benzene rings is 2. The molecule has 8 nitrogen and oxygen atoms in total. The molecule has 1 fully saturated rings. The first-order valence-electron chi connectivity index (χ1n) is 10.2. The number of methoxy groups -OCH3 is 3. The predicted octanol–water partition coefficient (Wildman–Crippen LogP) is 3.17. The van der Waals surface area contributed by atoms with E-state index in [1.54, 1.807) is 42.5 Å². The number of carbonyl (C=O) groups excluding carboxylic acids is 2. The number of ketones is 1. The zero-order chi connectivity index (χ0) is 23.3. The summed E-state index contributed by atoms with van der Waals surface area (Å²) in [5.41, 5.74) is 0.965. The molecule has 0 aliphatic carbocycles. The number of amides is 1. The lowest BCUT2D eigenvalue weighted by Crippen LogP contribution is -2.32. The van der Waals surface area contributed by atoms with Crippen LogP contribution in [0, 0.1) is 0 Å². The van der Waals surface area contributed by atoms with E-state index in [2.05, 4.69) is 0 Å². The number of aliphatic hydroxyl groups is 1. The Bertz CT molecular complexity index is 1030. The zero-order valence-corrected chi connectivity index (χ0v) is 18.6. The van der Waals surface area contributed by atoms with Crippen LogP contribution in [0.4, 0.5) is 0 Å². The number of nitrogens with zero attached hydrogens (tertiary/aromatic N) is 1. The second-order valence-corrected chi connectivity index (χ2v) is 7.06. The molecule has 0 aromatic heterocycles. The summed E-state index contributed by atoms with van der Waals surface area (Å²) in [6.45, 7) is 2.73. The van der Waals surface area contributed by atoms with Gasteiger partial charge in [-0.2, -0.15) is 0 Å². The first-order valence-corrected chi connectivity index (χ1v) is 10.2. The number of rotatable bonds is 9. The van der Waals surface area contributed by atoms with Crippen LogP contribution in [0.25, 0.3) is 5.76 Å². The fraction of sp³-hybridized carbons (Fsp3) is 0.333. The third-order valence-electron chi connectivity index (χ3n) is 5.22. The average Bonchev–Trinajstić information content (AvgIpc) is 3.07. The van der Waals surface area contributed by atoms with Crippen LogP contribution in [0.15, 0.2) is 48.0 Å². The van der Waals surface area contributed by atoms with Gasteiger partial charge >= 0.3 is 0 Å². The van der Waals surface area contributed by atoms with E-state index >= 15 is 0 Å². The van der Waals surface area contributed by atoms with Gasteiger partial charge in [0.25, 0.3) is 11.7 Å². The van der Waals surface area contributed by atoms with E-state index in [1.165, 1.54) is 26.2 Å². The maximum atomic E-state index is 13.0. The summed E-state index contributed by atoms with van der Waals surface area (Å²) < 4.78 is 21.4. The highest BCUT2D eigenvalue weighted by Gasteiger charge is 2.46. The van der Waals surface area contributed by atoms with Crippen LogP contribution in [0.1, 0.15) is 24.1 Å². The van der Waals surface area contributed by atoms with Crippen molar-refractivity contribution in [3.05, 3.63) is 59.2 Å². The number of ether oxygens (including phenoxy) is 4. The van der Waals surface area contributed by atoms with Crippen LogP contribution >= 0.6 is 0 Å².